The van der Waals surface area contributed by atoms with E-state index in [1.165, 1.54) is 0 Å². The van der Waals surface area contributed by atoms with Crippen molar-refractivity contribution in [2.45, 2.75) is 13.0 Å². The number of nitrogens with one attached hydrogen (secondary N) is 2. The van der Waals surface area contributed by atoms with E-state index in [1.807, 2.05) is 48.5 Å². The number of fused-ring (bicyclic) bond motifs is 1. The van der Waals surface area contributed by atoms with E-state index < -0.39 is 0 Å². The highest BCUT2D eigenvalue weighted by Crippen LogP contribution is 2.32. The number of aliphatic imine (C=N–C) groups is 1. The summed E-state index contributed by atoms with van der Waals surface area (Å²) in [5, 5.41) is 6.57. The van der Waals surface area contributed by atoms with Gasteiger partial charge in [-0.05, 0) is 36.2 Å². The number of hydrogen-bond acceptors (Lipinski definition) is 4. The van der Waals surface area contributed by atoms with Crippen LogP contribution < -0.4 is 24.8 Å². The van der Waals surface area contributed by atoms with Crippen molar-refractivity contribution in [3.63, 3.8) is 0 Å². The van der Waals surface area contributed by atoms with E-state index in [9.17, 15) is 0 Å². The largest absolute Gasteiger partial charge is 0.494 e. The van der Waals surface area contributed by atoms with Crippen LogP contribution in [0.3, 0.4) is 0 Å². The van der Waals surface area contributed by atoms with Crippen LogP contribution >= 0.6 is 24.0 Å². The molecule has 0 radical (unpaired) electrons. The summed E-state index contributed by atoms with van der Waals surface area (Å²) in [5.74, 6) is 3.25. The van der Waals surface area contributed by atoms with Crippen molar-refractivity contribution < 1.29 is 14.2 Å². The normalized spacial score (nSPS) is 12.3. The third-order valence-electron chi connectivity index (χ3n) is 3.75. The molecule has 0 bridgehead atoms. The molecule has 0 unspecified atom stereocenters. The van der Waals surface area contributed by atoms with Gasteiger partial charge in [0.2, 0.25) is 6.79 Å². The SMILES string of the molecule is CN=C(NCCCOc1ccccc1)NCc1ccc2c(c1)OCO2.I. The topological polar surface area (TPSA) is 64.1 Å². The van der Waals surface area contributed by atoms with Gasteiger partial charge in [-0.15, -0.1) is 24.0 Å². The van der Waals surface area contributed by atoms with Gasteiger partial charge in [0.25, 0.3) is 0 Å². The number of guanidine groups is 1. The minimum Gasteiger partial charge on any atom is -0.494 e. The van der Waals surface area contributed by atoms with Gasteiger partial charge in [0.15, 0.2) is 17.5 Å². The standard InChI is InChI=1S/C19H23N3O3.HI/c1-20-19(21-10-5-11-23-16-6-3-2-4-7-16)22-13-15-8-9-17-18(12-15)25-14-24-17;/h2-4,6-9,12H,5,10-11,13-14H2,1H3,(H2,20,21,22);1H. The second kappa shape index (κ2) is 10.7. The molecule has 0 atom stereocenters. The fourth-order valence-corrected chi connectivity index (χ4v) is 2.44. The molecule has 2 N–H and O–H groups in total. The third-order valence-corrected chi connectivity index (χ3v) is 3.75. The molecule has 0 spiro atoms. The molecule has 0 saturated carbocycles. The second-order valence-corrected chi connectivity index (χ2v) is 5.56. The molecule has 140 valence electrons. The van der Waals surface area contributed by atoms with Gasteiger partial charge < -0.3 is 24.8 Å². The van der Waals surface area contributed by atoms with Crippen molar-refractivity contribution in [3.8, 4) is 17.2 Å². The minimum absolute atomic E-state index is 0. The van der Waals surface area contributed by atoms with Gasteiger partial charge in [0.05, 0.1) is 6.61 Å². The first-order valence-corrected chi connectivity index (χ1v) is 8.36. The van der Waals surface area contributed by atoms with Crippen LogP contribution in [-0.2, 0) is 6.54 Å². The Morgan fingerprint density at radius 3 is 2.69 bits per heavy atom. The Morgan fingerprint density at radius 1 is 1.08 bits per heavy atom. The van der Waals surface area contributed by atoms with Gasteiger partial charge in [-0.25, -0.2) is 0 Å². The van der Waals surface area contributed by atoms with Crippen LogP contribution in [0, 0.1) is 0 Å². The molecule has 0 aliphatic carbocycles. The van der Waals surface area contributed by atoms with Crippen LogP contribution in [-0.4, -0.2) is 33.0 Å². The van der Waals surface area contributed by atoms with E-state index in [-0.39, 0.29) is 24.0 Å². The lowest BCUT2D eigenvalue weighted by atomic mass is 10.2. The highest BCUT2D eigenvalue weighted by Gasteiger charge is 2.13. The van der Waals surface area contributed by atoms with Crippen LogP contribution in [0.1, 0.15) is 12.0 Å². The fourth-order valence-electron chi connectivity index (χ4n) is 2.44. The number of ether oxygens (including phenoxy) is 3. The minimum atomic E-state index is 0. The van der Waals surface area contributed by atoms with Crippen molar-refractivity contribution in [1.82, 2.24) is 10.6 Å². The fraction of sp³-hybridized carbons (Fsp3) is 0.316. The van der Waals surface area contributed by atoms with Gasteiger partial charge in [-0.2, -0.15) is 0 Å². The molecule has 26 heavy (non-hydrogen) atoms. The summed E-state index contributed by atoms with van der Waals surface area (Å²) in [5.41, 5.74) is 1.11. The summed E-state index contributed by atoms with van der Waals surface area (Å²) in [7, 11) is 1.76. The van der Waals surface area contributed by atoms with Crippen LogP contribution in [0.4, 0.5) is 0 Å². The first kappa shape index (κ1) is 20.2. The van der Waals surface area contributed by atoms with E-state index in [0.29, 0.717) is 19.9 Å². The maximum absolute atomic E-state index is 5.67. The first-order chi connectivity index (χ1) is 12.3. The summed E-state index contributed by atoms with van der Waals surface area (Å²) in [6, 6.07) is 15.8. The molecule has 1 heterocycles. The molecular weight excluding hydrogens is 445 g/mol. The number of benzene rings is 2. The molecule has 7 heteroatoms. The maximum Gasteiger partial charge on any atom is 0.231 e. The maximum atomic E-state index is 5.67. The van der Waals surface area contributed by atoms with Crippen molar-refractivity contribution in [3.05, 3.63) is 54.1 Å². The molecule has 1 aliphatic rings. The van der Waals surface area contributed by atoms with E-state index in [2.05, 4.69) is 15.6 Å². The predicted molar refractivity (Wildman–Crippen MR) is 113 cm³/mol. The second-order valence-electron chi connectivity index (χ2n) is 5.56. The Hall–Kier alpha value is -2.16. The van der Waals surface area contributed by atoms with E-state index in [0.717, 1.165) is 41.7 Å². The number of halogens is 1. The Bertz CT molecular complexity index is 710. The van der Waals surface area contributed by atoms with Crippen molar-refractivity contribution in [1.29, 1.82) is 0 Å². The van der Waals surface area contributed by atoms with Gasteiger partial charge in [0.1, 0.15) is 5.75 Å². The van der Waals surface area contributed by atoms with Crippen LogP contribution in [0.5, 0.6) is 17.2 Å². The van der Waals surface area contributed by atoms with E-state index in [1.54, 1.807) is 7.05 Å². The quantitative estimate of drug-likeness (QED) is 0.282. The molecule has 0 saturated heterocycles. The number of nitrogens with zero attached hydrogens (tertiary/aromatic N) is 1. The lowest BCUT2D eigenvalue weighted by Crippen LogP contribution is -2.37. The van der Waals surface area contributed by atoms with Crippen LogP contribution in [0.2, 0.25) is 0 Å². The number of rotatable bonds is 7. The summed E-state index contributed by atoms with van der Waals surface area (Å²) >= 11 is 0. The van der Waals surface area contributed by atoms with Crippen molar-refractivity contribution >= 4 is 29.9 Å². The summed E-state index contributed by atoms with van der Waals surface area (Å²) in [6.45, 7) is 2.40. The number of hydrogen-bond donors (Lipinski definition) is 2. The highest BCUT2D eigenvalue weighted by atomic mass is 127. The molecule has 3 rings (SSSR count). The molecule has 0 aromatic heterocycles. The Labute approximate surface area is 171 Å². The average molecular weight is 469 g/mol. The smallest absolute Gasteiger partial charge is 0.231 e. The zero-order valence-electron chi connectivity index (χ0n) is 14.7. The van der Waals surface area contributed by atoms with E-state index in [4.69, 9.17) is 14.2 Å². The van der Waals surface area contributed by atoms with Gasteiger partial charge in [-0.3, -0.25) is 4.99 Å². The van der Waals surface area contributed by atoms with Gasteiger partial charge in [-0.1, -0.05) is 24.3 Å². The predicted octanol–water partition coefficient (Wildman–Crippen LogP) is 3.17. The Kier molecular flexibility index (Phi) is 8.33. The molecular formula is C19H24IN3O3. The molecule has 1 aliphatic heterocycles. The van der Waals surface area contributed by atoms with Gasteiger partial charge in [0, 0.05) is 20.1 Å². The molecule has 0 amide bonds. The summed E-state index contributed by atoms with van der Waals surface area (Å²) in [6.07, 6.45) is 0.889. The Balaban J connectivity index is 0.00000243. The Morgan fingerprint density at radius 2 is 1.88 bits per heavy atom. The molecule has 0 fully saturated rings. The molecule has 2 aromatic rings. The number of para-hydroxylation sites is 1. The van der Waals surface area contributed by atoms with E-state index >= 15 is 0 Å². The lowest BCUT2D eigenvalue weighted by Gasteiger charge is -2.12. The van der Waals surface area contributed by atoms with Crippen LogP contribution in [0.15, 0.2) is 53.5 Å². The highest BCUT2D eigenvalue weighted by molar-refractivity contribution is 14.0. The summed E-state index contributed by atoms with van der Waals surface area (Å²) < 4.78 is 16.4. The first-order valence-electron chi connectivity index (χ1n) is 8.36. The van der Waals surface area contributed by atoms with Crippen molar-refractivity contribution in [2.24, 2.45) is 4.99 Å². The van der Waals surface area contributed by atoms with Crippen LogP contribution in [0.25, 0.3) is 0 Å². The van der Waals surface area contributed by atoms with Crippen molar-refractivity contribution in [2.75, 3.05) is 27.0 Å². The molecule has 6 nitrogen and oxygen atoms in total. The zero-order chi connectivity index (χ0) is 17.3. The third kappa shape index (κ3) is 5.98. The lowest BCUT2D eigenvalue weighted by molar-refractivity contribution is 0.174. The van der Waals surface area contributed by atoms with Gasteiger partial charge >= 0.3 is 0 Å². The summed E-state index contributed by atoms with van der Waals surface area (Å²) in [4.78, 5) is 4.23. The monoisotopic (exact) mass is 469 g/mol. The average Bonchev–Trinajstić information content (AvgIpc) is 3.12. The molecule has 2 aromatic carbocycles. The zero-order valence-corrected chi connectivity index (χ0v) is 17.1.